The third-order valence-electron chi connectivity index (χ3n) is 12.1. The molecule has 2 N–H and O–H groups in total. The van der Waals surface area contributed by atoms with Gasteiger partial charge in [0.2, 0.25) is 0 Å². The van der Waals surface area contributed by atoms with Crippen molar-refractivity contribution in [1.29, 1.82) is 0 Å². The molecule has 0 radical (unpaired) electrons. The molecule has 78 heavy (non-hydrogen) atoms. The van der Waals surface area contributed by atoms with Crippen molar-refractivity contribution < 1.29 is 52.2 Å². The standard InChI is InChI=1S/C66H107O11P/c1-4-7-10-13-16-19-22-25-28-30-31-33-35-37-40-43-46-49-52-55-64(68)73-59-63(77-66(70)57-54-51-48-45-42-39-36-32-29-26-23-20-17-14-11-8-5-2)61-75-78(71,72)74-60-62(58-67)76-65(69)56-53-50-47-44-41-38-34-27-24-21-18-15-12-9-6-3/h7,9-10,12,16-21,25-29,31,33-34,37,40,46,49,62-63,67H,4-6,8,11,13-15,22-24,30,32,35-36,38-39,41-45,47-48,50-61H2,1-3H3,(H,71,72)/b10-7-,12-9-,19-16-,20-17-,21-18-,28-25-,29-26-,33-31-,34-27-,40-37-,49-46-. The van der Waals surface area contributed by atoms with Crippen molar-refractivity contribution in [2.24, 2.45) is 0 Å². The molecule has 0 spiro atoms. The predicted octanol–water partition coefficient (Wildman–Crippen LogP) is 18.1. The maximum absolute atomic E-state index is 12.9. The Hall–Kier alpha value is -4.38. The van der Waals surface area contributed by atoms with Crippen molar-refractivity contribution in [2.75, 3.05) is 26.4 Å². The molecule has 0 aromatic heterocycles. The molecule has 0 aromatic carbocycles. The molecule has 12 heteroatoms. The van der Waals surface area contributed by atoms with E-state index in [-0.39, 0.29) is 25.9 Å². The lowest BCUT2D eigenvalue weighted by molar-refractivity contribution is -0.161. The highest BCUT2D eigenvalue weighted by atomic mass is 31.2. The van der Waals surface area contributed by atoms with E-state index in [1.807, 2.05) is 12.2 Å². The van der Waals surface area contributed by atoms with E-state index in [0.717, 1.165) is 135 Å². The van der Waals surface area contributed by atoms with Gasteiger partial charge < -0.3 is 24.2 Å². The highest BCUT2D eigenvalue weighted by Crippen LogP contribution is 2.43. The van der Waals surface area contributed by atoms with Crippen molar-refractivity contribution in [3.05, 3.63) is 134 Å². The van der Waals surface area contributed by atoms with Gasteiger partial charge >= 0.3 is 25.7 Å². The van der Waals surface area contributed by atoms with Crippen LogP contribution in [0.3, 0.4) is 0 Å². The van der Waals surface area contributed by atoms with Gasteiger partial charge in [0.1, 0.15) is 12.7 Å². The fourth-order valence-electron chi connectivity index (χ4n) is 7.54. The van der Waals surface area contributed by atoms with E-state index in [1.165, 1.54) is 32.1 Å². The minimum atomic E-state index is -4.78. The van der Waals surface area contributed by atoms with Gasteiger partial charge in [-0.05, 0) is 122 Å². The van der Waals surface area contributed by atoms with E-state index < -0.39 is 57.8 Å². The first kappa shape index (κ1) is 73.6. The molecule has 3 unspecified atom stereocenters. The number of hydrogen-bond acceptors (Lipinski definition) is 10. The molecule has 0 aliphatic carbocycles. The lowest BCUT2D eigenvalue weighted by Gasteiger charge is -2.21. The van der Waals surface area contributed by atoms with Crippen molar-refractivity contribution in [3.63, 3.8) is 0 Å². The molecule has 0 saturated carbocycles. The molecule has 0 aliphatic heterocycles. The topological polar surface area (TPSA) is 155 Å². The number of hydrogen-bond donors (Lipinski definition) is 2. The lowest BCUT2D eigenvalue weighted by atomic mass is 10.1. The number of carbonyl (C=O) groups is 3. The number of allylic oxidation sites excluding steroid dienone is 22. The number of rotatable bonds is 54. The number of phosphoric acid groups is 1. The number of aliphatic hydroxyl groups is 1. The van der Waals surface area contributed by atoms with E-state index in [1.54, 1.807) is 0 Å². The smallest absolute Gasteiger partial charge is 0.462 e. The quantitative estimate of drug-likeness (QED) is 0.0197. The summed E-state index contributed by atoms with van der Waals surface area (Å²) in [6, 6.07) is 0. The van der Waals surface area contributed by atoms with Crippen LogP contribution in [-0.4, -0.2) is 66.5 Å². The highest BCUT2D eigenvalue weighted by Gasteiger charge is 2.28. The third-order valence-corrected chi connectivity index (χ3v) is 13.0. The van der Waals surface area contributed by atoms with Gasteiger partial charge in [0.25, 0.3) is 0 Å². The van der Waals surface area contributed by atoms with Gasteiger partial charge in [0.05, 0.1) is 19.8 Å². The van der Waals surface area contributed by atoms with Crippen LogP contribution in [0.1, 0.15) is 226 Å². The molecule has 0 aromatic rings. The Balaban J connectivity index is 4.87. The molecular formula is C66H107O11P. The van der Waals surface area contributed by atoms with Crippen molar-refractivity contribution in [2.45, 2.75) is 238 Å². The second kappa shape index (κ2) is 58.8. The van der Waals surface area contributed by atoms with Gasteiger partial charge in [-0.2, -0.15) is 0 Å². The molecule has 11 nitrogen and oxygen atoms in total. The van der Waals surface area contributed by atoms with Gasteiger partial charge in [0.15, 0.2) is 6.10 Å². The maximum atomic E-state index is 12.9. The molecule has 0 rings (SSSR count). The van der Waals surface area contributed by atoms with Crippen LogP contribution in [0.2, 0.25) is 0 Å². The molecule has 0 amide bonds. The van der Waals surface area contributed by atoms with E-state index >= 15 is 0 Å². The number of ether oxygens (including phenoxy) is 3. The molecular weight excluding hydrogens is 1000 g/mol. The molecule has 0 aliphatic rings. The molecule has 0 heterocycles. The fourth-order valence-corrected chi connectivity index (χ4v) is 8.33. The van der Waals surface area contributed by atoms with Gasteiger partial charge in [0, 0.05) is 19.3 Å². The number of esters is 3. The average Bonchev–Trinajstić information content (AvgIpc) is 3.43. The molecule has 3 atom stereocenters. The zero-order valence-electron chi connectivity index (χ0n) is 48.8. The van der Waals surface area contributed by atoms with Crippen molar-refractivity contribution >= 4 is 25.7 Å². The fraction of sp³-hybridized carbons (Fsp3) is 0.621. The normalized spacial score (nSPS) is 14.3. The van der Waals surface area contributed by atoms with Crippen molar-refractivity contribution in [1.82, 2.24) is 0 Å². The summed E-state index contributed by atoms with van der Waals surface area (Å²) in [5.74, 6) is -1.60. The van der Waals surface area contributed by atoms with E-state index in [4.69, 9.17) is 23.3 Å². The van der Waals surface area contributed by atoms with Gasteiger partial charge in [-0.3, -0.25) is 23.4 Å². The first-order chi connectivity index (χ1) is 38.2. The number of carbonyl (C=O) groups excluding carboxylic acids is 3. The zero-order valence-corrected chi connectivity index (χ0v) is 49.7. The summed E-state index contributed by atoms with van der Waals surface area (Å²) in [7, 11) is -4.78. The highest BCUT2D eigenvalue weighted by molar-refractivity contribution is 7.47. The van der Waals surface area contributed by atoms with Crippen LogP contribution < -0.4 is 0 Å². The number of aliphatic hydroxyl groups excluding tert-OH is 1. The number of phosphoric ester groups is 1. The van der Waals surface area contributed by atoms with Gasteiger partial charge in [-0.25, -0.2) is 4.57 Å². The monoisotopic (exact) mass is 1110 g/mol. The summed E-state index contributed by atoms with van der Waals surface area (Å²) < 4.78 is 39.5. The second-order valence-electron chi connectivity index (χ2n) is 19.4. The predicted molar refractivity (Wildman–Crippen MR) is 325 cm³/mol. The van der Waals surface area contributed by atoms with Gasteiger partial charge in [-0.1, -0.05) is 219 Å². The van der Waals surface area contributed by atoms with Gasteiger partial charge in [-0.15, -0.1) is 0 Å². The van der Waals surface area contributed by atoms with Crippen LogP contribution in [0.4, 0.5) is 0 Å². The Labute approximate surface area is 474 Å². The van der Waals surface area contributed by atoms with E-state index in [0.29, 0.717) is 19.3 Å². The second-order valence-corrected chi connectivity index (χ2v) is 20.8. The zero-order chi connectivity index (χ0) is 56.9. The Morgan fingerprint density at radius 2 is 0.692 bits per heavy atom. The first-order valence-corrected chi connectivity index (χ1v) is 31.6. The molecule has 0 bridgehead atoms. The minimum absolute atomic E-state index is 0.0916. The Morgan fingerprint density at radius 1 is 0.372 bits per heavy atom. The maximum Gasteiger partial charge on any atom is 0.472 e. The molecule has 0 fully saturated rings. The molecule has 442 valence electrons. The summed E-state index contributed by atoms with van der Waals surface area (Å²) in [6.45, 7) is 4.27. The largest absolute Gasteiger partial charge is 0.472 e. The van der Waals surface area contributed by atoms with Crippen LogP contribution in [0, 0.1) is 0 Å². The van der Waals surface area contributed by atoms with E-state index in [2.05, 4.69) is 142 Å². The summed E-state index contributed by atoms with van der Waals surface area (Å²) >= 11 is 0. The molecule has 0 saturated heterocycles. The summed E-state index contributed by atoms with van der Waals surface area (Å²) in [5, 5.41) is 9.83. The van der Waals surface area contributed by atoms with Crippen LogP contribution in [0.5, 0.6) is 0 Å². The van der Waals surface area contributed by atoms with Crippen LogP contribution in [0.25, 0.3) is 0 Å². The lowest BCUT2D eigenvalue weighted by Crippen LogP contribution is -2.30. The SMILES string of the molecule is CC/C=C\C/C=C\C/C=C\C/C=C\C/C=C\C/C=C\CCC(=O)OCC(COP(=O)(O)OCC(CO)OC(=O)CCCCCCC/C=C\C/C=C\C/C=C\CC)OC(=O)CCCCCCCCC/C=C\C/C=C\CCCCC. The minimum Gasteiger partial charge on any atom is -0.462 e. The summed E-state index contributed by atoms with van der Waals surface area (Å²) in [5.41, 5.74) is 0. The summed E-state index contributed by atoms with van der Waals surface area (Å²) in [6.07, 6.45) is 74.2. The van der Waals surface area contributed by atoms with Crippen LogP contribution >= 0.6 is 7.82 Å². The Bertz CT molecular complexity index is 1820. The van der Waals surface area contributed by atoms with Crippen LogP contribution in [-0.2, 0) is 42.2 Å². The third kappa shape index (κ3) is 56.3. The van der Waals surface area contributed by atoms with Crippen molar-refractivity contribution in [3.8, 4) is 0 Å². The first-order valence-electron chi connectivity index (χ1n) is 30.1. The van der Waals surface area contributed by atoms with E-state index in [9.17, 15) is 28.9 Å². The number of unbranched alkanes of at least 4 members (excludes halogenated alkanes) is 15. The summed E-state index contributed by atoms with van der Waals surface area (Å²) in [4.78, 5) is 48.6. The Morgan fingerprint density at radius 3 is 1.08 bits per heavy atom. The average molecular weight is 1110 g/mol. The van der Waals surface area contributed by atoms with Crippen LogP contribution in [0.15, 0.2) is 134 Å². The Kier molecular flexibility index (Phi) is 55.5.